The topological polar surface area (TPSA) is 79.9 Å². The molecule has 2 aromatic rings. The van der Waals surface area contributed by atoms with E-state index in [1.807, 2.05) is 0 Å². The number of urea groups is 1. The number of benzene rings is 2. The van der Waals surface area contributed by atoms with Gasteiger partial charge in [0.2, 0.25) is 5.91 Å². The summed E-state index contributed by atoms with van der Waals surface area (Å²) in [6.07, 6.45) is 0.468. The number of halogens is 1. The molecule has 7 nitrogen and oxygen atoms in total. The summed E-state index contributed by atoms with van der Waals surface area (Å²) in [5, 5.41) is 5.34. The fourth-order valence-corrected chi connectivity index (χ4v) is 2.93. The van der Waals surface area contributed by atoms with Crippen LogP contribution in [0.15, 0.2) is 42.5 Å². The average molecular weight is 373 g/mol. The van der Waals surface area contributed by atoms with Gasteiger partial charge in [-0.25, -0.2) is 9.18 Å². The first kappa shape index (κ1) is 18.5. The van der Waals surface area contributed by atoms with Crippen LogP contribution < -0.4 is 25.0 Å². The third kappa shape index (κ3) is 4.11. The molecule has 1 heterocycles. The maximum Gasteiger partial charge on any atom is 0.319 e. The van der Waals surface area contributed by atoms with E-state index < -0.39 is 12.1 Å². The Morgan fingerprint density at radius 3 is 2.48 bits per heavy atom. The van der Waals surface area contributed by atoms with Gasteiger partial charge in [0.15, 0.2) is 11.5 Å². The smallest absolute Gasteiger partial charge is 0.319 e. The molecule has 0 spiro atoms. The monoisotopic (exact) mass is 373 g/mol. The van der Waals surface area contributed by atoms with E-state index in [1.54, 1.807) is 30.3 Å². The van der Waals surface area contributed by atoms with Crippen molar-refractivity contribution in [2.24, 2.45) is 0 Å². The molecule has 8 heteroatoms. The van der Waals surface area contributed by atoms with Crippen molar-refractivity contribution in [3.8, 4) is 11.5 Å². The largest absolute Gasteiger partial charge is 0.493 e. The highest BCUT2D eigenvalue weighted by atomic mass is 19.1. The first-order chi connectivity index (χ1) is 13.0. The Hall–Kier alpha value is -3.29. The Morgan fingerprint density at radius 1 is 1.11 bits per heavy atom. The standard InChI is InChI=1S/C19H20FN3O4/c1-26-16-8-5-13(11-17(16)27-2)21-19(25)22-15-9-10-23(18(15)24)14-6-3-12(20)4-7-14/h3-8,11,15H,9-10H2,1-2H3,(H2,21,22,25). The molecule has 0 saturated carbocycles. The van der Waals surface area contributed by atoms with Crippen molar-refractivity contribution in [2.75, 3.05) is 31.0 Å². The molecule has 0 bridgehead atoms. The number of hydrogen-bond donors (Lipinski definition) is 2. The van der Waals surface area contributed by atoms with Crippen molar-refractivity contribution < 1.29 is 23.5 Å². The molecule has 1 fully saturated rings. The number of anilines is 2. The number of nitrogens with zero attached hydrogens (tertiary/aromatic N) is 1. The Morgan fingerprint density at radius 2 is 1.81 bits per heavy atom. The van der Waals surface area contributed by atoms with E-state index in [0.29, 0.717) is 35.8 Å². The molecule has 1 saturated heterocycles. The van der Waals surface area contributed by atoms with Crippen molar-refractivity contribution in [1.82, 2.24) is 5.32 Å². The van der Waals surface area contributed by atoms with Crippen molar-refractivity contribution >= 4 is 23.3 Å². The second kappa shape index (κ2) is 7.94. The maximum atomic E-state index is 13.0. The van der Waals surface area contributed by atoms with Crippen molar-refractivity contribution in [1.29, 1.82) is 0 Å². The molecule has 3 amide bonds. The molecule has 1 aliphatic heterocycles. The summed E-state index contributed by atoms with van der Waals surface area (Å²) in [6, 6.07) is 9.50. The first-order valence-corrected chi connectivity index (χ1v) is 8.38. The fraction of sp³-hybridized carbons (Fsp3) is 0.263. The van der Waals surface area contributed by atoms with Crippen LogP contribution in [0.3, 0.4) is 0 Å². The van der Waals surface area contributed by atoms with Crippen LogP contribution in [0.4, 0.5) is 20.6 Å². The minimum absolute atomic E-state index is 0.232. The van der Waals surface area contributed by atoms with E-state index in [9.17, 15) is 14.0 Å². The van der Waals surface area contributed by atoms with Crippen LogP contribution in [-0.4, -0.2) is 38.7 Å². The van der Waals surface area contributed by atoms with Crippen LogP contribution in [0.25, 0.3) is 0 Å². The normalized spacial score (nSPS) is 16.2. The number of hydrogen-bond acceptors (Lipinski definition) is 4. The van der Waals surface area contributed by atoms with Crippen LogP contribution in [-0.2, 0) is 4.79 Å². The molecule has 0 aliphatic carbocycles. The lowest BCUT2D eigenvalue weighted by atomic mass is 10.2. The minimum Gasteiger partial charge on any atom is -0.493 e. The third-order valence-electron chi connectivity index (χ3n) is 4.29. The molecule has 1 aliphatic rings. The van der Waals surface area contributed by atoms with Crippen LogP contribution in [0.2, 0.25) is 0 Å². The lowest BCUT2D eigenvalue weighted by molar-refractivity contribution is -0.118. The minimum atomic E-state index is -0.643. The van der Waals surface area contributed by atoms with Gasteiger partial charge in [0, 0.05) is 24.0 Å². The second-order valence-electron chi connectivity index (χ2n) is 5.98. The SMILES string of the molecule is COc1ccc(NC(=O)NC2CCN(c3ccc(F)cc3)C2=O)cc1OC. The highest BCUT2D eigenvalue weighted by Crippen LogP contribution is 2.29. The molecule has 27 heavy (non-hydrogen) atoms. The molecule has 2 N–H and O–H groups in total. The fourth-order valence-electron chi connectivity index (χ4n) is 2.93. The van der Waals surface area contributed by atoms with E-state index >= 15 is 0 Å². The molecule has 0 aromatic heterocycles. The van der Waals surface area contributed by atoms with Gasteiger partial charge in [0.1, 0.15) is 11.9 Å². The summed E-state index contributed by atoms with van der Waals surface area (Å²) in [5.74, 6) is 0.428. The Balaban J connectivity index is 1.61. The molecular formula is C19H20FN3O4. The van der Waals surface area contributed by atoms with Gasteiger partial charge in [-0.15, -0.1) is 0 Å². The van der Waals surface area contributed by atoms with Gasteiger partial charge in [-0.1, -0.05) is 0 Å². The van der Waals surface area contributed by atoms with Crippen molar-refractivity contribution in [3.63, 3.8) is 0 Å². The molecular weight excluding hydrogens is 353 g/mol. The quantitative estimate of drug-likeness (QED) is 0.845. The van der Waals surface area contributed by atoms with Gasteiger partial charge in [0.25, 0.3) is 0 Å². The third-order valence-corrected chi connectivity index (χ3v) is 4.29. The summed E-state index contributed by atoms with van der Waals surface area (Å²) >= 11 is 0. The molecule has 3 rings (SSSR count). The van der Waals surface area contributed by atoms with E-state index in [-0.39, 0.29) is 11.7 Å². The average Bonchev–Trinajstić information content (AvgIpc) is 3.02. The van der Waals surface area contributed by atoms with E-state index in [0.717, 1.165) is 0 Å². The summed E-state index contributed by atoms with van der Waals surface area (Å²) in [5.41, 5.74) is 1.11. The lowest BCUT2D eigenvalue weighted by Crippen LogP contribution is -2.43. The zero-order valence-electron chi connectivity index (χ0n) is 15.0. The van der Waals surface area contributed by atoms with Crippen molar-refractivity contribution in [3.05, 3.63) is 48.3 Å². The van der Waals surface area contributed by atoms with Crippen LogP contribution in [0, 0.1) is 5.82 Å². The van der Waals surface area contributed by atoms with Gasteiger partial charge in [-0.3, -0.25) is 4.79 Å². The van der Waals surface area contributed by atoms with Gasteiger partial charge in [-0.2, -0.15) is 0 Å². The zero-order chi connectivity index (χ0) is 19.4. The first-order valence-electron chi connectivity index (χ1n) is 8.38. The summed E-state index contributed by atoms with van der Waals surface area (Å²) in [7, 11) is 3.03. The molecule has 2 aromatic carbocycles. The molecule has 0 radical (unpaired) electrons. The maximum absolute atomic E-state index is 13.0. The number of carbonyl (C=O) groups excluding carboxylic acids is 2. The van der Waals surface area contributed by atoms with Crippen LogP contribution in [0.5, 0.6) is 11.5 Å². The van der Waals surface area contributed by atoms with Gasteiger partial charge in [-0.05, 0) is 42.8 Å². The summed E-state index contributed by atoms with van der Waals surface area (Å²) in [4.78, 5) is 26.3. The summed E-state index contributed by atoms with van der Waals surface area (Å²) in [6.45, 7) is 0.450. The Bertz CT molecular complexity index is 841. The predicted molar refractivity (Wildman–Crippen MR) is 98.9 cm³/mol. The van der Waals surface area contributed by atoms with Crippen molar-refractivity contribution in [2.45, 2.75) is 12.5 Å². The highest BCUT2D eigenvalue weighted by Gasteiger charge is 2.33. The Labute approximate surface area is 156 Å². The second-order valence-corrected chi connectivity index (χ2v) is 5.98. The van der Waals surface area contributed by atoms with Crippen LogP contribution >= 0.6 is 0 Å². The zero-order valence-corrected chi connectivity index (χ0v) is 15.0. The number of amides is 3. The lowest BCUT2D eigenvalue weighted by Gasteiger charge is -2.17. The Kier molecular flexibility index (Phi) is 5.44. The summed E-state index contributed by atoms with van der Waals surface area (Å²) < 4.78 is 23.4. The van der Waals surface area contributed by atoms with Gasteiger partial charge < -0.3 is 25.0 Å². The number of ether oxygens (including phenoxy) is 2. The van der Waals surface area contributed by atoms with E-state index in [2.05, 4.69) is 10.6 Å². The number of rotatable bonds is 5. The van der Waals surface area contributed by atoms with Crippen LogP contribution in [0.1, 0.15) is 6.42 Å². The van der Waals surface area contributed by atoms with E-state index in [4.69, 9.17) is 9.47 Å². The van der Waals surface area contributed by atoms with Gasteiger partial charge in [0.05, 0.1) is 14.2 Å². The highest BCUT2D eigenvalue weighted by molar-refractivity contribution is 6.02. The molecule has 1 unspecified atom stereocenters. The molecule has 142 valence electrons. The number of nitrogens with one attached hydrogen (secondary N) is 2. The molecule has 1 atom stereocenters. The number of carbonyl (C=O) groups is 2. The number of methoxy groups -OCH3 is 2. The van der Waals surface area contributed by atoms with Gasteiger partial charge >= 0.3 is 6.03 Å². The van der Waals surface area contributed by atoms with E-state index in [1.165, 1.54) is 31.3 Å². The predicted octanol–water partition coefficient (Wildman–Crippen LogP) is 2.77.